The zero-order valence-electron chi connectivity index (χ0n) is 16.0. The number of benzene rings is 2. The van der Waals surface area contributed by atoms with Gasteiger partial charge in [-0.25, -0.2) is 9.97 Å². The number of thioether (sulfide) groups is 1. The van der Waals surface area contributed by atoms with Crippen LogP contribution in [0.1, 0.15) is 13.8 Å². The highest BCUT2D eigenvalue weighted by molar-refractivity contribution is 8.00. The van der Waals surface area contributed by atoms with E-state index in [-0.39, 0.29) is 18.1 Å². The molecule has 1 fully saturated rings. The second-order valence-corrected chi connectivity index (χ2v) is 8.04. The first kappa shape index (κ1) is 18.9. The standard InChI is InChI=1S/C22H23N3O2S/c1-15-12-25(13-16(2)27-15)20(26)14-28-22-21(17-8-4-3-5-9-17)23-18-10-6-7-11-19(18)24-22/h3-11,15-16H,12-14H2,1-2H3. The number of rotatable bonds is 4. The smallest absolute Gasteiger partial charge is 0.233 e. The summed E-state index contributed by atoms with van der Waals surface area (Å²) in [6, 6.07) is 17.8. The molecule has 0 N–H and O–H groups in total. The van der Waals surface area contributed by atoms with Crippen LogP contribution in [0, 0.1) is 0 Å². The lowest BCUT2D eigenvalue weighted by molar-refractivity contribution is -0.140. The third-order valence-electron chi connectivity index (χ3n) is 4.69. The maximum atomic E-state index is 12.8. The van der Waals surface area contributed by atoms with E-state index in [2.05, 4.69) is 0 Å². The number of morpholine rings is 1. The quantitative estimate of drug-likeness (QED) is 0.627. The van der Waals surface area contributed by atoms with Crippen LogP contribution in [0.25, 0.3) is 22.3 Å². The summed E-state index contributed by atoms with van der Waals surface area (Å²) in [5.41, 5.74) is 3.52. The number of nitrogens with zero attached hydrogens (tertiary/aromatic N) is 3. The van der Waals surface area contributed by atoms with Crippen LogP contribution in [0.5, 0.6) is 0 Å². The average molecular weight is 394 g/mol. The molecule has 1 saturated heterocycles. The van der Waals surface area contributed by atoms with Crippen molar-refractivity contribution < 1.29 is 9.53 Å². The van der Waals surface area contributed by atoms with Crippen LogP contribution < -0.4 is 0 Å². The fourth-order valence-corrected chi connectivity index (χ4v) is 4.38. The van der Waals surface area contributed by atoms with E-state index in [4.69, 9.17) is 14.7 Å². The summed E-state index contributed by atoms with van der Waals surface area (Å²) in [5, 5.41) is 0.785. The van der Waals surface area contributed by atoms with Crippen LogP contribution in [0.3, 0.4) is 0 Å². The molecule has 1 aliphatic rings. The number of hydrogen-bond donors (Lipinski definition) is 0. The first-order valence-electron chi connectivity index (χ1n) is 9.48. The molecule has 2 unspecified atom stereocenters. The van der Waals surface area contributed by atoms with Gasteiger partial charge in [0.2, 0.25) is 5.91 Å². The minimum atomic E-state index is 0.0676. The van der Waals surface area contributed by atoms with Gasteiger partial charge in [-0.1, -0.05) is 54.2 Å². The fourth-order valence-electron chi connectivity index (χ4n) is 3.47. The van der Waals surface area contributed by atoms with Crippen LogP contribution >= 0.6 is 11.8 Å². The fraction of sp³-hybridized carbons (Fsp3) is 0.318. The van der Waals surface area contributed by atoms with Crippen molar-refractivity contribution in [2.45, 2.75) is 31.1 Å². The van der Waals surface area contributed by atoms with E-state index in [0.717, 1.165) is 27.3 Å². The lowest BCUT2D eigenvalue weighted by Gasteiger charge is -2.35. The molecule has 1 aromatic heterocycles. The largest absolute Gasteiger partial charge is 0.372 e. The minimum Gasteiger partial charge on any atom is -0.372 e. The molecule has 4 rings (SSSR count). The molecule has 6 heteroatoms. The zero-order valence-corrected chi connectivity index (χ0v) is 16.9. The molecule has 0 saturated carbocycles. The maximum absolute atomic E-state index is 12.8. The molecule has 1 amide bonds. The lowest BCUT2D eigenvalue weighted by Crippen LogP contribution is -2.48. The van der Waals surface area contributed by atoms with Crippen LogP contribution in [0.2, 0.25) is 0 Å². The Morgan fingerprint density at radius 3 is 2.29 bits per heavy atom. The van der Waals surface area contributed by atoms with E-state index in [1.54, 1.807) is 0 Å². The lowest BCUT2D eigenvalue weighted by atomic mass is 10.1. The van der Waals surface area contributed by atoms with E-state index < -0.39 is 0 Å². The van der Waals surface area contributed by atoms with E-state index in [0.29, 0.717) is 18.8 Å². The van der Waals surface area contributed by atoms with Gasteiger partial charge in [0, 0.05) is 18.7 Å². The molecule has 1 aliphatic heterocycles. The molecular formula is C22H23N3O2S. The summed E-state index contributed by atoms with van der Waals surface area (Å²) < 4.78 is 5.73. The van der Waals surface area contributed by atoms with E-state index in [1.807, 2.05) is 73.3 Å². The van der Waals surface area contributed by atoms with Gasteiger partial charge in [0.25, 0.3) is 0 Å². The average Bonchev–Trinajstić information content (AvgIpc) is 2.71. The first-order valence-corrected chi connectivity index (χ1v) is 10.5. The van der Waals surface area contributed by atoms with Crippen molar-refractivity contribution in [1.29, 1.82) is 0 Å². The van der Waals surface area contributed by atoms with Gasteiger partial charge in [-0.3, -0.25) is 4.79 Å². The molecular weight excluding hydrogens is 370 g/mol. The van der Waals surface area contributed by atoms with Gasteiger partial charge in [-0.05, 0) is 26.0 Å². The van der Waals surface area contributed by atoms with Crippen molar-refractivity contribution in [2.75, 3.05) is 18.8 Å². The molecule has 2 aromatic carbocycles. The summed E-state index contributed by atoms with van der Waals surface area (Å²) in [5.74, 6) is 0.452. The summed E-state index contributed by atoms with van der Waals surface area (Å²) in [4.78, 5) is 24.3. The Bertz CT molecular complexity index is 970. The number of carbonyl (C=O) groups is 1. The number of carbonyl (C=O) groups excluding carboxylic acids is 1. The van der Waals surface area contributed by atoms with E-state index in [1.165, 1.54) is 11.8 Å². The van der Waals surface area contributed by atoms with Crippen LogP contribution in [0.4, 0.5) is 0 Å². The van der Waals surface area contributed by atoms with Gasteiger partial charge >= 0.3 is 0 Å². The number of ether oxygens (including phenoxy) is 1. The summed E-state index contributed by atoms with van der Waals surface area (Å²) in [7, 11) is 0. The summed E-state index contributed by atoms with van der Waals surface area (Å²) in [6.45, 7) is 5.29. The molecule has 5 nitrogen and oxygen atoms in total. The number of aromatic nitrogens is 2. The zero-order chi connectivity index (χ0) is 19.5. The molecule has 28 heavy (non-hydrogen) atoms. The second kappa shape index (κ2) is 8.29. The predicted octanol–water partition coefficient (Wildman–Crippen LogP) is 4.02. The molecule has 0 spiro atoms. The van der Waals surface area contributed by atoms with Gasteiger partial charge < -0.3 is 9.64 Å². The first-order chi connectivity index (χ1) is 13.6. The van der Waals surface area contributed by atoms with Crippen molar-refractivity contribution in [2.24, 2.45) is 0 Å². The monoisotopic (exact) mass is 393 g/mol. The van der Waals surface area contributed by atoms with Gasteiger partial charge in [0.05, 0.1) is 29.0 Å². The predicted molar refractivity (Wildman–Crippen MR) is 112 cm³/mol. The van der Waals surface area contributed by atoms with Gasteiger partial charge in [0.1, 0.15) is 10.7 Å². The molecule has 0 radical (unpaired) electrons. The Morgan fingerprint density at radius 2 is 1.61 bits per heavy atom. The molecule has 144 valence electrons. The Hall–Kier alpha value is -2.44. The topological polar surface area (TPSA) is 55.3 Å². The highest BCUT2D eigenvalue weighted by atomic mass is 32.2. The van der Waals surface area contributed by atoms with E-state index in [9.17, 15) is 4.79 Å². The van der Waals surface area contributed by atoms with Crippen LogP contribution in [0.15, 0.2) is 59.6 Å². The van der Waals surface area contributed by atoms with Crippen molar-refractivity contribution in [3.8, 4) is 11.3 Å². The number of fused-ring (bicyclic) bond motifs is 1. The van der Waals surface area contributed by atoms with Gasteiger partial charge in [-0.2, -0.15) is 0 Å². The Kier molecular flexibility index (Phi) is 5.59. The van der Waals surface area contributed by atoms with E-state index >= 15 is 0 Å². The summed E-state index contributed by atoms with van der Waals surface area (Å²) in [6.07, 6.45) is 0.135. The highest BCUT2D eigenvalue weighted by Crippen LogP contribution is 2.30. The normalized spacial score (nSPS) is 19.7. The number of para-hydroxylation sites is 2. The van der Waals surface area contributed by atoms with Crippen molar-refractivity contribution in [3.05, 3.63) is 54.6 Å². The Balaban J connectivity index is 1.59. The molecule has 0 bridgehead atoms. The van der Waals surface area contributed by atoms with Crippen LogP contribution in [-0.4, -0.2) is 51.8 Å². The summed E-state index contributed by atoms with van der Waals surface area (Å²) >= 11 is 1.46. The minimum absolute atomic E-state index is 0.0676. The SMILES string of the molecule is CC1CN(C(=O)CSc2nc3ccccc3nc2-c2ccccc2)CC(C)O1. The third kappa shape index (κ3) is 4.18. The third-order valence-corrected chi connectivity index (χ3v) is 5.64. The molecule has 2 heterocycles. The van der Waals surface area contributed by atoms with Crippen molar-refractivity contribution >= 4 is 28.7 Å². The maximum Gasteiger partial charge on any atom is 0.233 e. The van der Waals surface area contributed by atoms with Crippen molar-refractivity contribution in [1.82, 2.24) is 14.9 Å². The Labute approximate surface area is 169 Å². The molecule has 3 aromatic rings. The Morgan fingerprint density at radius 1 is 1.00 bits per heavy atom. The number of hydrogen-bond acceptors (Lipinski definition) is 5. The van der Waals surface area contributed by atoms with Crippen LogP contribution in [-0.2, 0) is 9.53 Å². The highest BCUT2D eigenvalue weighted by Gasteiger charge is 2.26. The van der Waals surface area contributed by atoms with Gasteiger partial charge in [-0.15, -0.1) is 0 Å². The molecule has 2 atom stereocenters. The van der Waals surface area contributed by atoms with Crippen molar-refractivity contribution in [3.63, 3.8) is 0 Å². The molecule has 0 aliphatic carbocycles. The second-order valence-electron chi connectivity index (χ2n) is 7.08. The number of amides is 1. The van der Waals surface area contributed by atoms with Gasteiger partial charge in [0.15, 0.2) is 0 Å².